The Hall–Kier alpha value is -2.94. The molecule has 0 spiro atoms. The van der Waals surface area contributed by atoms with Crippen molar-refractivity contribution >= 4 is 23.9 Å². The molecule has 3 unspecified atom stereocenters. The third-order valence-corrected chi connectivity index (χ3v) is 6.51. The average Bonchev–Trinajstić information content (AvgIpc) is 2.90. The molecule has 0 radical (unpaired) electrons. The van der Waals surface area contributed by atoms with E-state index < -0.39 is 30.1 Å². The number of carbonyl (C=O) groups excluding carboxylic acids is 4. The summed E-state index contributed by atoms with van der Waals surface area (Å²) in [6.07, 6.45) is 3.85. The number of nitrogens with one attached hydrogen (secondary N) is 1. The van der Waals surface area contributed by atoms with Crippen molar-refractivity contribution in [2.24, 2.45) is 17.8 Å². The van der Waals surface area contributed by atoms with E-state index in [9.17, 15) is 19.2 Å². The van der Waals surface area contributed by atoms with Crippen molar-refractivity contribution in [3.63, 3.8) is 0 Å². The van der Waals surface area contributed by atoms with Crippen LogP contribution in [0.5, 0.6) is 11.5 Å². The summed E-state index contributed by atoms with van der Waals surface area (Å²) in [6.45, 7) is 13.6. The van der Waals surface area contributed by atoms with Gasteiger partial charge in [-0.1, -0.05) is 60.5 Å². The second-order valence-corrected chi connectivity index (χ2v) is 10.9. The molecule has 0 bridgehead atoms. The van der Waals surface area contributed by atoms with Crippen molar-refractivity contribution < 1.29 is 38.1 Å². The lowest BCUT2D eigenvalue weighted by Crippen LogP contribution is -2.43. The van der Waals surface area contributed by atoms with Gasteiger partial charge >= 0.3 is 23.9 Å². The molecular formula is C31H49NO8. The molecule has 1 N–H and O–H groups in total. The van der Waals surface area contributed by atoms with Gasteiger partial charge in [0.1, 0.15) is 12.1 Å². The SMILES string of the molecule is CCCC(C)C(=O)Oc1ccc(C[C@H](NCC(C)OC(=O)CCC(C)C)C(=O)OC)cc1OC(=O)C(C)CCC. The van der Waals surface area contributed by atoms with Crippen LogP contribution in [0.2, 0.25) is 0 Å². The van der Waals surface area contributed by atoms with Crippen molar-refractivity contribution in [2.75, 3.05) is 13.7 Å². The van der Waals surface area contributed by atoms with Crippen LogP contribution in [0.4, 0.5) is 0 Å². The normalized spacial score (nSPS) is 14.1. The Morgan fingerprint density at radius 2 is 1.38 bits per heavy atom. The van der Waals surface area contributed by atoms with Gasteiger partial charge in [-0.15, -0.1) is 0 Å². The van der Waals surface area contributed by atoms with Crippen LogP contribution in [0.3, 0.4) is 0 Å². The van der Waals surface area contributed by atoms with E-state index in [1.807, 2.05) is 27.7 Å². The van der Waals surface area contributed by atoms with Crippen LogP contribution in [0.1, 0.15) is 92.6 Å². The summed E-state index contributed by atoms with van der Waals surface area (Å²) in [7, 11) is 1.30. The van der Waals surface area contributed by atoms with Crippen molar-refractivity contribution in [1.82, 2.24) is 5.32 Å². The first-order valence-corrected chi connectivity index (χ1v) is 14.5. The van der Waals surface area contributed by atoms with E-state index in [0.29, 0.717) is 30.7 Å². The maximum atomic E-state index is 12.7. The summed E-state index contributed by atoms with van der Waals surface area (Å²) in [5.74, 6) is -1.55. The molecule has 9 heteroatoms. The highest BCUT2D eigenvalue weighted by Gasteiger charge is 2.24. The Bertz CT molecular complexity index is 961. The summed E-state index contributed by atoms with van der Waals surface area (Å²) in [6, 6.07) is 4.15. The number of hydrogen-bond acceptors (Lipinski definition) is 9. The molecule has 9 nitrogen and oxygen atoms in total. The van der Waals surface area contributed by atoms with Gasteiger partial charge in [-0.25, -0.2) is 0 Å². The second kappa shape index (κ2) is 18.4. The smallest absolute Gasteiger partial charge is 0.323 e. The predicted molar refractivity (Wildman–Crippen MR) is 153 cm³/mol. The van der Waals surface area contributed by atoms with Gasteiger partial charge in [-0.3, -0.25) is 19.2 Å². The molecule has 1 aromatic rings. The molecule has 0 amide bonds. The summed E-state index contributed by atoms with van der Waals surface area (Å²) in [5, 5.41) is 3.12. The number of rotatable bonds is 18. The molecule has 0 saturated carbocycles. The molecular weight excluding hydrogens is 514 g/mol. The third kappa shape index (κ3) is 12.9. The van der Waals surface area contributed by atoms with Gasteiger partial charge in [0.05, 0.1) is 18.9 Å². The van der Waals surface area contributed by atoms with Crippen LogP contribution >= 0.6 is 0 Å². The maximum absolute atomic E-state index is 12.7. The Morgan fingerprint density at radius 3 is 1.90 bits per heavy atom. The molecule has 1 aromatic carbocycles. The maximum Gasteiger partial charge on any atom is 0.323 e. The summed E-state index contributed by atoms with van der Waals surface area (Å²) in [4.78, 5) is 49.9. The first-order chi connectivity index (χ1) is 18.9. The number of esters is 4. The van der Waals surface area contributed by atoms with Gasteiger partial charge < -0.3 is 24.3 Å². The van der Waals surface area contributed by atoms with Crippen molar-refractivity contribution in [1.29, 1.82) is 0 Å². The van der Waals surface area contributed by atoms with Crippen LogP contribution < -0.4 is 14.8 Å². The van der Waals surface area contributed by atoms with Crippen molar-refractivity contribution in [2.45, 2.75) is 106 Å². The number of ether oxygens (including phenoxy) is 4. The van der Waals surface area contributed by atoms with Crippen molar-refractivity contribution in [3.8, 4) is 11.5 Å². The molecule has 4 atom stereocenters. The fourth-order valence-corrected chi connectivity index (χ4v) is 4.02. The first kappa shape index (κ1) is 35.1. The molecule has 1 rings (SSSR count). The highest BCUT2D eigenvalue weighted by Crippen LogP contribution is 2.31. The lowest BCUT2D eigenvalue weighted by atomic mass is 10.0. The molecule has 40 heavy (non-hydrogen) atoms. The Labute approximate surface area is 239 Å². The van der Waals surface area contributed by atoms with E-state index in [0.717, 1.165) is 19.3 Å². The Kier molecular flexibility index (Phi) is 16.2. The van der Waals surface area contributed by atoms with E-state index in [4.69, 9.17) is 18.9 Å². The van der Waals surface area contributed by atoms with Crippen LogP contribution in [-0.4, -0.2) is 49.7 Å². The lowest BCUT2D eigenvalue weighted by molar-refractivity contribution is -0.148. The van der Waals surface area contributed by atoms with E-state index >= 15 is 0 Å². The number of hydrogen-bond donors (Lipinski definition) is 1. The van der Waals surface area contributed by atoms with Gasteiger partial charge in [0.25, 0.3) is 0 Å². The molecule has 0 aliphatic heterocycles. The minimum atomic E-state index is -0.748. The Balaban J connectivity index is 3.08. The van der Waals surface area contributed by atoms with Gasteiger partial charge in [0.15, 0.2) is 11.5 Å². The molecule has 0 fully saturated rings. The van der Waals surface area contributed by atoms with Crippen LogP contribution in [-0.2, 0) is 35.1 Å². The molecule has 226 valence electrons. The van der Waals surface area contributed by atoms with Crippen molar-refractivity contribution in [3.05, 3.63) is 23.8 Å². The fourth-order valence-electron chi connectivity index (χ4n) is 4.02. The topological polar surface area (TPSA) is 117 Å². The molecule has 0 heterocycles. The van der Waals surface area contributed by atoms with Gasteiger partial charge in [0.2, 0.25) is 0 Å². The summed E-state index contributed by atoms with van der Waals surface area (Å²) >= 11 is 0. The first-order valence-electron chi connectivity index (χ1n) is 14.5. The zero-order chi connectivity index (χ0) is 30.2. The highest BCUT2D eigenvalue weighted by molar-refractivity contribution is 5.79. The minimum absolute atomic E-state index is 0.124. The minimum Gasteiger partial charge on any atom is -0.468 e. The largest absolute Gasteiger partial charge is 0.468 e. The van der Waals surface area contributed by atoms with Gasteiger partial charge in [-0.2, -0.15) is 0 Å². The summed E-state index contributed by atoms with van der Waals surface area (Å²) in [5.41, 5.74) is 0.664. The number of methoxy groups -OCH3 is 1. The second-order valence-electron chi connectivity index (χ2n) is 10.9. The molecule has 0 aliphatic rings. The van der Waals surface area contributed by atoms with Crippen LogP contribution in [0.25, 0.3) is 0 Å². The third-order valence-electron chi connectivity index (χ3n) is 6.51. The van der Waals surface area contributed by atoms with E-state index in [1.54, 1.807) is 39.0 Å². The molecule has 0 aromatic heterocycles. The van der Waals surface area contributed by atoms with Gasteiger partial charge in [-0.05, 0) is 56.2 Å². The standard InChI is InChI=1S/C31H49NO8/c1-9-11-21(5)29(34)39-26-15-14-24(18-27(26)40-30(35)22(6)12-10-2)17-25(31(36)37-8)32-19-23(7)38-28(33)16-13-20(3)4/h14-15,18,20-23,25,32H,9-13,16-17,19H2,1-8H3/t21?,22?,23?,25-/m0/s1. The number of carbonyl (C=O) groups is 4. The quantitative estimate of drug-likeness (QED) is 0.185. The number of benzene rings is 1. The summed E-state index contributed by atoms with van der Waals surface area (Å²) < 4.78 is 21.7. The van der Waals surface area contributed by atoms with Gasteiger partial charge in [0, 0.05) is 13.0 Å². The van der Waals surface area contributed by atoms with E-state index in [2.05, 4.69) is 5.32 Å². The predicted octanol–water partition coefficient (Wildman–Crippen LogP) is 5.41. The Morgan fingerprint density at radius 1 is 0.800 bits per heavy atom. The zero-order valence-electron chi connectivity index (χ0n) is 25.5. The molecule has 0 saturated heterocycles. The van der Waals surface area contributed by atoms with E-state index in [-0.39, 0.29) is 42.3 Å². The fraction of sp³-hybridized carbons (Fsp3) is 0.677. The zero-order valence-corrected chi connectivity index (χ0v) is 25.5. The van der Waals surface area contributed by atoms with Crippen LogP contribution in [0, 0.1) is 17.8 Å². The molecule has 0 aliphatic carbocycles. The average molecular weight is 564 g/mol. The van der Waals surface area contributed by atoms with E-state index in [1.165, 1.54) is 7.11 Å². The van der Waals surface area contributed by atoms with Crippen LogP contribution in [0.15, 0.2) is 18.2 Å². The monoisotopic (exact) mass is 563 g/mol. The lowest BCUT2D eigenvalue weighted by Gasteiger charge is -2.21. The highest BCUT2D eigenvalue weighted by atomic mass is 16.6.